The molecular weight excluding hydrogens is 160 g/mol. The molecule has 5 atom stereocenters. The quantitative estimate of drug-likeness (QED) is 0.607. The van der Waals surface area contributed by atoms with Crippen molar-refractivity contribution < 1.29 is 5.11 Å². The van der Waals surface area contributed by atoms with Gasteiger partial charge in [0.25, 0.3) is 0 Å². The van der Waals surface area contributed by atoms with Crippen molar-refractivity contribution in [1.82, 2.24) is 0 Å². The van der Waals surface area contributed by atoms with Gasteiger partial charge in [-0.05, 0) is 48.9 Å². The van der Waals surface area contributed by atoms with E-state index in [1.165, 1.54) is 32.1 Å². The second kappa shape index (κ2) is 2.50. The molecule has 0 bridgehead atoms. The lowest BCUT2D eigenvalue weighted by atomic mass is 9.43. The predicted molar refractivity (Wildman–Crippen MR) is 52.3 cm³/mol. The summed E-state index contributed by atoms with van der Waals surface area (Å²) in [6.07, 6.45) is 8.04. The molecule has 1 nitrogen and oxygen atoms in total. The van der Waals surface area contributed by atoms with Crippen LogP contribution in [0.3, 0.4) is 0 Å². The summed E-state index contributed by atoms with van der Waals surface area (Å²) in [5.41, 5.74) is 0.541. The Labute approximate surface area is 80.5 Å². The van der Waals surface area contributed by atoms with Crippen LogP contribution in [0.2, 0.25) is 0 Å². The molecular formula is C12H20O. The van der Waals surface area contributed by atoms with Gasteiger partial charge in [0, 0.05) is 0 Å². The Bertz CT molecular complexity index is 225. The summed E-state index contributed by atoms with van der Waals surface area (Å²) in [7, 11) is 0. The predicted octanol–water partition coefficient (Wildman–Crippen LogP) is 2.58. The Morgan fingerprint density at radius 2 is 2.00 bits per heavy atom. The van der Waals surface area contributed by atoms with E-state index in [1.54, 1.807) is 0 Å². The molecule has 0 aromatic carbocycles. The molecule has 0 aliphatic heterocycles. The van der Waals surface area contributed by atoms with Crippen molar-refractivity contribution in [2.24, 2.45) is 23.2 Å². The van der Waals surface area contributed by atoms with Crippen molar-refractivity contribution in [2.45, 2.75) is 51.6 Å². The molecule has 0 aromatic rings. The van der Waals surface area contributed by atoms with Gasteiger partial charge >= 0.3 is 0 Å². The lowest BCUT2D eigenvalue weighted by Gasteiger charge is -2.62. The third kappa shape index (κ3) is 0.869. The Kier molecular flexibility index (Phi) is 1.59. The molecule has 13 heavy (non-hydrogen) atoms. The van der Waals surface area contributed by atoms with Crippen molar-refractivity contribution in [3.63, 3.8) is 0 Å². The fourth-order valence-corrected chi connectivity index (χ4v) is 4.80. The Balaban J connectivity index is 1.89. The van der Waals surface area contributed by atoms with Crippen LogP contribution in [0.15, 0.2) is 0 Å². The molecule has 0 amide bonds. The van der Waals surface area contributed by atoms with Gasteiger partial charge < -0.3 is 5.11 Å². The average Bonchev–Trinajstić information content (AvgIpc) is 2.48. The number of hydrogen-bond acceptors (Lipinski definition) is 1. The fourth-order valence-electron chi connectivity index (χ4n) is 4.80. The highest BCUT2D eigenvalue weighted by molar-refractivity contribution is 5.11. The minimum Gasteiger partial charge on any atom is -0.393 e. The largest absolute Gasteiger partial charge is 0.393 e. The molecule has 74 valence electrons. The van der Waals surface area contributed by atoms with Gasteiger partial charge in [0.2, 0.25) is 0 Å². The zero-order chi connectivity index (χ0) is 9.05. The second-order valence-electron chi connectivity index (χ2n) is 5.69. The maximum absolute atomic E-state index is 10.0. The maximum atomic E-state index is 10.0. The lowest BCUT2D eigenvalue weighted by molar-refractivity contribution is -0.176. The summed E-state index contributed by atoms with van der Waals surface area (Å²) in [5.74, 6) is 2.56. The molecule has 5 unspecified atom stereocenters. The van der Waals surface area contributed by atoms with E-state index >= 15 is 0 Å². The topological polar surface area (TPSA) is 20.2 Å². The van der Waals surface area contributed by atoms with E-state index < -0.39 is 0 Å². The molecule has 3 aliphatic carbocycles. The van der Waals surface area contributed by atoms with Crippen LogP contribution in [0.4, 0.5) is 0 Å². The Hall–Kier alpha value is -0.0400. The third-order valence-corrected chi connectivity index (χ3v) is 5.27. The number of hydrogen-bond donors (Lipinski definition) is 1. The van der Waals surface area contributed by atoms with Crippen LogP contribution < -0.4 is 0 Å². The Morgan fingerprint density at radius 1 is 1.15 bits per heavy atom. The van der Waals surface area contributed by atoms with E-state index in [-0.39, 0.29) is 6.10 Å². The van der Waals surface area contributed by atoms with Gasteiger partial charge in [-0.3, -0.25) is 0 Å². The van der Waals surface area contributed by atoms with Crippen LogP contribution in [0.25, 0.3) is 0 Å². The van der Waals surface area contributed by atoms with E-state index in [0.717, 1.165) is 18.3 Å². The van der Waals surface area contributed by atoms with Crippen molar-refractivity contribution in [1.29, 1.82) is 0 Å². The molecule has 1 heteroatoms. The third-order valence-electron chi connectivity index (χ3n) is 5.27. The van der Waals surface area contributed by atoms with E-state index in [4.69, 9.17) is 0 Å². The minimum absolute atomic E-state index is 0.0399. The zero-order valence-electron chi connectivity index (χ0n) is 8.50. The molecule has 3 rings (SSSR count). The first kappa shape index (κ1) is 8.28. The van der Waals surface area contributed by atoms with Crippen LogP contribution >= 0.6 is 0 Å². The first-order valence-electron chi connectivity index (χ1n) is 5.91. The number of aliphatic hydroxyl groups is 1. The molecule has 0 aromatic heterocycles. The first-order valence-corrected chi connectivity index (χ1v) is 5.91. The van der Waals surface area contributed by atoms with Crippen LogP contribution in [0, 0.1) is 23.2 Å². The van der Waals surface area contributed by atoms with E-state index in [9.17, 15) is 5.11 Å². The summed E-state index contributed by atoms with van der Waals surface area (Å²) < 4.78 is 0. The number of fused-ring (bicyclic) bond motifs is 4. The van der Waals surface area contributed by atoms with Crippen LogP contribution in [0.1, 0.15) is 45.4 Å². The lowest BCUT2D eigenvalue weighted by Crippen LogP contribution is -2.59. The van der Waals surface area contributed by atoms with Crippen LogP contribution in [-0.4, -0.2) is 11.2 Å². The van der Waals surface area contributed by atoms with E-state index in [0.29, 0.717) is 11.3 Å². The zero-order valence-corrected chi connectivity index (χ0v) is 8.50. The standard InChI is InChI=1S/C12H20O/c1-12-7-3-6-10(13)11(12)8-4-2-5-9(8)12/h8-11,13H,2-7H2,1H3. The van der Waals surface area contributed by atoms with Gasteiger partial charge in [0.1, 0.15) is 0 Å². The summed E-state index contributed by atoms with van der Waals surface area (Å²) in [6, 6.07) is 0. The number of aliphatic hydroxyl groups excluding tert-OH is 1. The second-order valence-corrected chi connectivity index (χ2v) is 5.69. The highest BCUT2D eigenvalue weighted by Gasteiger charge is 2.62. The van der Waals surface area contributed by atoms with Gasteiger partial charge in [0.05, 0.1) is 6.10 Å². The van der Waals surface area contributed by atoms with Crippen LogP contribution in [0.5, 0.6) is 0 Å². The SMILES string of the molecule is CC12CCCC(O)C1C1CCCC12. The van der Waals surface area contributed by atoms with Gasteiger partial charge in [-0.1, -0.05) is 19.8 Å². The molecule has 3 fully saturated rings. The number of rotatable bonds is 0. The summed E-state index contributed by atoms with van der Waals surface area (Å²) >= 11 is 0. The van der Waals surface area contributed by atoms with Crippen molar-refractivity contribution in [3.8, 4) is 0 Å². The maximum Gasteiger partial charge on any atom is 0.0576 e. The van der Waals surface area contributed by atoms with Crippen LogP contribution in [-0.2, 0) is 0 Å². The fraction of sp³-hybridized carbons (Fsp3) is 1.00. The molecule has 0 heterocycles. The molecule has 0 radical (unpaired) electrons. The highest BCUT2D eigenvalue weighted by Crippen LogP contribution is 2.67. The average molecular weight is 180 g/mol. The van der Waals surface area contributed by atoms with Crippen molar-refractivity contribution in [3.05, 3.63) is 0 Å². The normalized spacial score (nSPS) is 59.5. The van der Waals surface area contributed by atoms with Gasteiger partial charge in [0.15, 0.2) is 0 Å². The van der Waals surface area contributed by atoms with Crippen molar-refractivity contribution >= 4 is 0 Å². The first-order chi connectivity index (χ1) is 6.23. The molecule has 1 N–H and O–H groups in total. The monoisotopic (exact) mass is 180 g/mol. The van der Waals surface area contributed by atoms with Gasteiger partial charge in [-0.25, -0.2) is 0 Å². The summed E-state index contributed by atoms with van der Waals surface area (Å²) in [5, 5.41) is 10.0. The smallest absolute Gasteiger partial charge is 0.0576 e. The highest BCUT2D eigenvalue weighted by atomic mass is 16.3. The van der Waals surface area contributed by atoms with Gasteiger partial charge in [-0.15, -0.1) is 0 Å². The van der Waals surface area contributed by atoms with E-state index in [1.807, 2.05) is 0 Å². The Morgan fingerprint density at radius 3 is 2.85 bits per heavy atom. The summed E-state index contributed by atoms with van der Waals surface area (Å²) in [6.45, 7) is 2.44. The molecule has 3 saturated carbocycles. The minimum atomic E-state index is 0.0399. The molecule has 3 aliphatic rings. The van der Waals surface area contributed by atoms with E-state index in [2.05, 4.69) is 6.92 Å². The summed E-state index contributed by atoms with van der Waals surface area (Å²) in [4.78, 5) is 0. The van der Waals surface area contributed by atoms with Crippen molar-refractivity contribution in [2.75, 3.05) is 0 Å². The molecule has 0 spiro atoms. The van der Waals surface area contributed by atoms with Gasteiger partial charge in [-0.2, -0.15) is 0 Å². The molecule has 0 saturated heterocycles.